The van der Waals surface area contributed by atoms with Crippen molar-refractivity contribution in [3.8, 4) is 0 Å². The van der Waals surface area contributed by atoms with E-state index in [0.29, 0.717) is 0 Å². The highest BCUT2D eigenvalue weighted by Crippen LogP contribution is 2.40. The molecule has 0 bridgehead atoms. The van der Waals surface area contributed by atoms with Gasteiger partial charge >= 0.3 is 0 Å². The molecule has 0 amide bonds. The van der Waals surface area contributed by atoms with Gasteiger partial charge in [-0.25, -0.2) is 0 Å². The zero-order valence-electron chi connectivity index (χ0n) is 18.9. The largest absolute Gasteiger partial charge is 0.481 e. The fraction of sp³-hybridized carbons (Fsp3) is 0.333. The predicted molar refractivity (Wildman–Crippen MR) is 132 cm³/mol. The topological polar surface area (TPSA) is 9.23 Å². The highest BCUT2D eigenvalue weighted by molar-refractivity contribution is 5.47. The van der Waals surface area contributed by atoms with Gasteiger partial charge in [0.25, 0.3) is 0 Å². The lowest BCUT2D eigenvalue weighted by atomic mass is 9.80. The van der Waals surface area contributed by atoms with Crippen LogP contribution in [-0.2, 0) is 10.3 Å². The van der Waals surface area contributed by atoms with Gasteiger partial charge in [0, 0.05) is 16.7 Å². The summed E-state index contributed by atoms with van der Waals surface area (Å²) in [5, 5.41) is 0. The Morgan fingerprint density at radius 3 is 1.45 bits per heavy atom. The smallest absolute Gasteiger partial charge is 0.183 e. The first-order chi connectivity index (χ1) is 15.4. The summed E-state index contributed by atoms with van der Waals surface area (Å²) in [6.45, 7) is 2.27. The third-order valence-corrected chi connectivity index (χ3v) is 5.86. The lowest BCUT2D eigenvalue weighted by Gasteiger charge is -2.35. The van der Waals surface area contributed by atoms with Crippen molar-refractivity contribution in [3.05, 3.63) is 120 Å². The molecular formula is C30H36O. The van der Waals surface area contributed by atoms with Gasteiger partial charge in [-0.05, 0) is 18.9 Å². The monoisotopic (exact) mass is 412 g/mol. The molecule has 3 rings (SSSR count). The minimum atomic E-state index is -0.666. The van der Waals surface area contributed by atoms with Crippen molar-refractivity contribution in [2.24, 2.45) is 0 Å². The van der Waals surface area contributed by atoms with Crippen LogP contribution in [0.2, 0.25) is 0 Å². The van der Waals surface area contributed by atoms with E-state index in [2.05, 4.69) is 104 Å². The van der Waals surface area contributed by atoms with Crippen molar-refractivity contribution in [1.29, 1.82) is 0 Å². The molecule has 0 fully saturated rings. The van der Waals surface area contributed by atoms with Crippen molar-refractivity contribution in [3.63, 3.8) is 0 Å². The van der Waals surface area contributed by atoms with Gasteiger partial charge in [0.05, 0.1) is 6.26 Å². The molecule has 162 valence electrons. The second-order valence-electron chi connectivity index (χ2n) is 8.18. The standard InChI is InChI=1S/C30H36O/c1-2-3-4-5-6-7-8-9-19-26-31-30(27-20-13-10-14-21-27,28-22-15-11-16-23-28)29-24-17-12-18-25-29/h10-26H,2-9H2,1H3. The third kappa shape index (κ3) is 6.34. The van der Waals surface area contributed by atoms with Gasteiger partial charge in [0.1, 0.15) is 0 Å². The second-order valence-corrected chi connectivity index (χ2v) is 8.18. The summed E-state index contributed by atoms with van der Waals surface area (Å²) in [6, 6.07) is 31.6. The summed E-state index contributed by atoms with van der Waals surface area (Å²) in [6.07, 6.45) is 14.5. The summed E-state index contributed by atoms with van der Waals surface area (Å²) >= 11 is 0. The first-order valence-electron chi connectivity index (χ1n) is 11.9. The van der Waals surface area contributed by atoms with Crippen LogP contribution in [-0.4, -0.2) is 0 Å². The van der Waals surface area contributed by atoms with Crippen molar-refractivity contribution in [2.75, 3.05) is 0 Å². The van der Waals surface area contributed by atoms with Crippen molar-refractivity contribution >= 4 is 0 Å². The van der Waals surface area contributed by atoms with Crippen LogP contribution in [0.5, 0.6) is 0 Å². The molecule has 0 atom stereocenters. The number of allylic oxidation sites excluding steroid dienone is 1. The lowest BCUT2D eigenvalue weighted by molar-refractivity contribution is 0.0973. The number of ether oxygens (including phenoxy) is 1. The maximum Gasteiger partial charge on any atom is 0.183 e. The average Bonchev–Trinajstić information content (AvgIpc) is 2.84. The van der Waals surface area contributed by atoms with Crippen LogP contribution >= 0.6 is 0 Å². The molecule has 0 aliphatic rings. The van der Waals surface area contributed by atoms with E-state index in [0.717, 1.165) is 23.1 Å². The van der Waals surface area contributed by atoms with Crippen LogP contribution in [0.1, 0.15) is 75.0 Å². The van der Waals surface area contributed by atoms with E-state index in [9.17, 15) is 0 Å². The fourth-order valence-electron chi connectivity index (χ4n) is 4.16. The van der Waals surface area contributed by atoms with Crippen LogP contribution in [0, 0.1) is 0 Å². The molecule has 0 radical (unpaired) electrons. The van der Waals surface area contributed by atoms with Gasteiger partial charge in [0.15, 0.2) is 5.60 Å². The van der Waals surface area contributed by atoms with E-state index in [1.165, 1.54) is 44.9 Å². The molecular weight excluding hydrogens is 376 g/mol. The van der Waals surface area contributed by atoms with Crippen molar-refractivity contribution in [2.45, 2.75) is 63.9 Å². The molecule has 1 nitrogen and oxygen atoms in total. The van der Waals surface area contributed by atoms with Gasteiger partial charge in [-0.15, -0.1) is 0 Å². The molecule has 3 aromatic carbocycles. The number of benzene rings is 3. The molecule has 0 saturated carbocycles. The molecule has 0 unspecified atom stereocenters. The molecule has 0 spiro atoms. The molecule has 0 saturated heterocycles. The summed E-state index contributed by atoms with van der Waals surface area (Å²) in [5.74, 6) is 0. The van der Waals surface area contributed by atoms with Crippen LogP contribution in [0.25, 0.3) is 0 Å². The fourth-order valence-corrected chi connectivity index (χ4v) is 4.16. The summed E-state index contributed by atoms with van der Waals surface area (Å²) in [5.41, 5.74) is 2.73. The number of hydrogen-bond donors (Lipinski definition) is 0. The van der Waals surface area contributed by atoms with E-state index < -0.39 is 5.60 Å². The van der Waals surface area contributed by atoms with E-state index >= 15 is 0 Å². The van der Waals surface area contributed by atoms with Crippen LogP contribution in [0.15, 0.2) is 103 Å². The van der Waals surface area contributed by atoms with Gasteiger partial charge in [-0.1, -0.05) is 136 Å². The van der Waals surface area contributed by atoms with Crippen LogP contribution < -0.4 is 0 Å². The quantitative estimate of drug-likeness (QED) is 0.155. The zero-order valence-corrected chi connectivity index (χ0v) is 18.9. The van der Waals surface area contributed by atoms with E-state index in [1.54, 1.807) is 0 Å². The van der Waals surface area contributed by atoms with E-state index in [4.69, 9.17) is 4.74 Å². The SMILES string of the molecule is CCCCCCCCCC=COC(c1ccccc1)(c1ccccc1)c1ccccc1. The Labute approximate surface area is 188 Å². The Morgan fingerprint density at radius 1 is 0.581 bits per heavy atom. The summed E-state index contributed by atoms with van der Waals surface area (Å²) in [4.78, 5) is 0. The van der Waals surface area contributed by atoms with Crippen LogP contribution in [0.4, 0.5) is 0 Å². The van der Waals surface area contributed by atoms with Gasteiger partial charge < -0.3 is 4.74 Å². The number of hydrogen-bond acceptors (Lipinski definition) is 1. The summed E-state index contributed by atoms with van der Waals surface area (Å²) < 4.78 is 6.67. The molecule has 0 N–H and O–H groups in total. The van der Waals surface area contributed by atoms with Crippen molar-refractivity contribution in [1.82, 2.24) is 0 Å². The Bertz CT molecular complexity index is 771. The minimum absolute atomic E-state index is 0.666. The third-order valence-electron chi connectivity index (χ3n) is 5.86. The molecule has 3 aromatic rings. The first kappa shape index (κ1) is 22.9. The first-order valence-corrected chi connectivity index (χ1v) is 11.9. The second kappa shape index (κ2) is 12.8. The average molecular weight is 413 g/mol. The predicted octanol–water partition coefficient (Wildman–Crippen LogP) is 8.65. The van der Waals surface area contributed by atoms with Crippen LogP contribution in [0.3, 0.4) is 0 Å². The lowest BCUT2D eigenvalue weighted by Crippen LogP contribution is -2.31. The van der Waals surface area contributed by atoms with Gasteiger partial charge in [0.2, 0.25) is 0 Å². The highest BCUT2D eigenvalue weighted by atomic mass is 16.5. The Hall–Kier alpha value is -2.80. The molecule has 0 aliphatic heterocycles. The normalized spacial score (nSPS) is 11.6. The molecule has 0 heterocycles. The highest BCUT2D eigenvalue weighted by Gasteiger charge is 2.37. The zero-order chi connectivity index (χ0) is 21.6. The Balaban J connectivity index is 1.77. The summed E-state index contributed by atoms with van der Waals surface area (Å²) in [7, 11) is 0. The Kier molecular flexibility index (Phi) is 9.44. The molecule has 0 aromatic heterocycles. The van der Waals surface area contributed by atoms with E-state index in [-0.39, 0.29) is 0 Å². The van der Waals surface area contributed by atoms with Gasteiger partial charge in [-0.3, -0.25) is 0 Å². The number of rotatable bonds is 13. The minimum Gasteiger partial charge on any atom is -0.481 e. The maximum absolute atomic E-state index is 6.67. The van der Waals surface area contributed by atoms with Crippen molar-refractivity contribution < 1.29 is 4.74 Å². The maximum atomic E-state index is 6.67. The number of unbranched alkanes of at least 4 members (excludes halogenated alkanes) is 7. The van der Waals surface area contributed by atoms with Gasteiger partial charge in [-0.2, -0.15) is 0 Å². The molecule has 0 aliphatic carbocycles. The Morgan fingerprint density at radius 2 is 1.00 bits per heavy atom. The van der Waals surface area contributed by atoms with E-state index in [1.807, 2.05) is 6.26 Å². The molecule has 1 heteroatoms. The molecule has 31 heavy (non-hydrogen) atoms.